The van der Waals surface area contributed by atoms with Gasteiger partial charge >= 0.3 is 0 Å². The molecule has 5 nitrogen and oxygen atoms in total. The second kappa shape index (κ2) is 8.32. The molecular formula is C23H22FN3O2. The molecule has 29 heavy (non-hydrogen) atoms. The number of rotatable bonds is 7. The highest BCUT2D eigenvalue weighted by Gasteiger charge is 2.18. The first-order valence-corrected chi connectivity index (χ1v) is 9.44. The molecule has 2 N–H and O–H groups in total. The van der Waals surface area contributed by atoms with Gasteiger partial charge < -0.3 is 15.2 Å². The van der Waals surface area contributed by atoms with E-state index in [-0.39, 0.29) is 18.0 Å². The van der Waals surface area contributed by atoms with Crippen LogP contribution >= 0.6 is 0 Å². The molecule has 2 unspecified atom stereocenters. The molecule has 0 fully saturated rings. The van der Waals surface area contributed by atoms with E-state index in [1.54, 1.807) is 23.0 Å². The number of benzene rings is 3. The van der Waals surface area contributed by atoms with Gasteiger partial charge in [0.1, 0.15) is 30.0 Å². The molecule has 4 rings (SSSR count). The fraction of sp³-hybridized carbons (Fsp3) is 0.174. The smallest absolute Gasteiger partial charge is 0.147 e. The Kier molecular flexibility index (Phi) is 5.44. The topological polar surface area (TPSA) is 62.3 Å². The number of ether oxygens (including phenoxy) is 2. The Morgan fingerprint density at radius 2 is 1.76 bits per heavy atom. The molecule has 0 spiro atoms. The fourth-order valence-corrected chi connectivity index (χ4v) is 3.04. The van der Waals surface area contributed by atoms with E-state index in [2.05, 4.69) is 5.10 Å². The zero-order chi connectivity index (χ0) is 20.2. The number of hydrogen-bond acceptors (Lipinski definition) is 4. The van der Waals surface area contributed by atoms with Crippen molar-refractivity contribution in [2.75, 3.05) is 6.61 Å². The van der Waals surface area contributed by atoms with Crippen LogP contribution in [0, 0.1) is 5.82 Å². The van der Waals surface area contributed by atoms with Crippen LogP contribution in [-0.4, -0.2) is 28.5 Å². The summed E-state index contributed by atoms with van der Waals surface area (Å²) in [5, 5.41) is 5.33. The summed E-state index contributed by atoms with van der Waals surface area (Å²) in [6.07, 6.45) is 1.45. The van der Waals surface area contributed by atoms with Gasteiger partial charge in [0, 0.05) is 11.4 Å². The van der Waals surface area contributed by atoms with Crippen molar-refractivity contribution in [3.63, 3.8) is 0 Å². The van der Waals surface area contributed by atoms with Gasteiger partial charge in [-0.2, -0.15) is 5.10 Å². The van der Waals surface area contributed by atoms with Gasteiger partial charge in [0.25, 0.3) is 0 Å². The number of hydrogen-bond donors (Lipinski definition) is 1. The Balaban J connectivity index is 1.51. The van der Waals surface area contributed by atoms with Gasteiger partial charge in [0.2, 0.25) is 0 Å². The van der Waals surface area contributed by atoms with Crippen molar-refractivity contribution in [1.29, 1.82) is 0 Å². The second-order valence-electron chi connectivity index (χ2n) is 6.89. The molecule has 6 heteroatoms. The molecule has 1 heterocycles. The third-order valence-electron chi connectivity index (χ3n) is 4.64. The van der Waals surface area contributed by atoms with E-state index in [1.165, 1.54) is 12.1 Å². The summed E-state index contributed by atoms with van der Waals surface area (Å²) < 4.78 is 26.9. The molecule has 1 aromatic heterocycles. The van der Waals surface area contributed by atoms with Crippen LogP contribution in [0.25, 0.3) is 16.6 Å². The van der Waals surface area contributed by atoms with E-state index in [4.69, 9.17) is 15.2 Å². The lowest BCUT2D eigenvalue weighted by molar-refractivity contribution is 0.111. The van der Waals surface area contributed by atoms with Gasteiger partial charge in [-0.25, -0.2) is 9.07 Å². The largest absolute Gasteiger partial charge is 0.490 e. The monoisotopic (exact) mass is 391 g/mol. The normalized spacial score (nSPS) is 13.2. The minimum Gasteiger partial charge on any atom is -0.490 e. The number of halogens is 1. The fourth-order valence-electron chi connectivity index (χ4n) is 3.04. The first-order chi connectivity index (χ1) is 14.1. The summed E-state index contributed by atoms with van der Waals surface area (Å²) in [6, 6.07) is 21.3. The number of nitrogens with two attached hydrogens (primary N) is 1. The van der Waals surface area contributed by atoms with Crippen LogP contribution in [0.5, 0.6) is 11.5 Å². The summed E-state index contributed by atoms with van der Waals surface area (Å²) in [5.41, 5.74) is 7.80. The Morgan fingerprint density at radius 3 is 2.48 bits per heavy atom. The lowest BCUT2D eigenvalue weighted by Crippen LogP contribution is -2.40. The van der Waals surface area contributed by atoms with Crippen molar-refractivity contribution < 1.29 is 13.9 Å². The second-order valence-corrected chi connectivity index (χ2v) is 6.89. The maximum Gasteiger partial charge on any atom is 0.147 e. The predicted octanol–water partition coefficient (Wildman–Crippen LogP) is 4.34. The lowest BCUT2D eigenvalue weighted by atomic mass is 10.2. The Bertz CT molecular complexity index is 1080. The van der Waals surface area contributed by atoms with Crippen molar-refractivity contribution >= 4 is 10.9 Å². The molecule has 0 aliphatic heterocycles. The molecule has 148 valence electrons. The number of fused-ring (bicyclic) bond motifs is 1. The molecule has 0 saturated heterocycles. The van der Waals surface area contributed by atoms with Crippen LogP contribution in [0.3, 0.4) is 0 Å². The molecule has 4 aromatic rings. The SMILES string of the molecule is CC(N)C(COc1ccccc1)Oc1ccc2c(cnn2-c2ccc(F)cc2)c1. The van der Waals surface area contributed by atoms with Crippen LogP contribution in [-0.2, 0) is 0 Å². The van der Waals surface area contributed by atoms with E-state index in [0.717, 1.165) is 22.3 Å². The average molecular weight is 391 g/mol. The minimum absolute atomic E-state index is 0.212. The first-order valence-electron chi connectivity index (χ1n) is 9.44. The van der Waals surface area contributed by atoms with Gasteiger partial charge in [0.05, 0.1) is 17.4 Å². The van der Waals surface area contributed by atoms with Crippen molar-refractivity contribution in [3.8, 4) is 17.2 Å². The zero-order valence-electron chi connectivity index (χ0n) is 16.0. The maximum absolute atomic E-state index is 13.2. The van der Waals surface area contributed by atoms with Crippen molar-refractivity contribution in [3.05, 3.63) is 84.8 Å². The summed E-state index contributed by atoms with van der Waals surface area (Å²) in [5.74, 6) is 1.19. The molecular weight excluding hydrogens is 369 g/mol. The molecule has 0 aliphatic carbocycles. The van der Waals surface area contributed by atoms with Gasteiger partial charge in [0.15, 0.2) is 0 Å². The van der Waals surface area contributed by atoms with E-state index >= 15 is 0 Å². The predicted molar refractivity (Wildman–Crippen MR) is 111 cm³/mol. The number of para-hydroxylation sites is 1. The van der Waals surface area contributed by atoms with Crippen molar-refractivity contribution in [1.82, 2.24) is 9.78 Å². The van der Waals surface area contributed by atoms with E-state index in [0.29, 0.717) is 12.4 Å². The summed E-state index contributed by atoms with van der Waals surface area (Å²) >= 11 is 0. The van der Waals surface area contributed by atoms with Crippen molar-refractivity contribution in [2.24, 2.45) is 5.73 Å². The Labute approximate surface area is 168 Å². The standard InChI is InChI=1S/C23H22FN3O2/c1-16(25)23(15-28-20-5-3-2-4-6-20)29-21-11-12-22-17(13-21)14-26-27(22)19-9-7-18(24)8-10-19/h2-14,16,23H,15,25H2,1H3. The lowest BCUT2D eigenvalue weighted by Gasteiger charge is -2.23. The van der Waals surface area contributed by atoms with Crippen molar-refractivity contribution in [2.45, 2.75) is 19.1 Å². The Morgan fingerprint density at radius 1 is 1.00 bits per heavy atom. The van der Waals surface area contributed by atoms with Crippen LogP contribution in [0.2, 0.25) is 0 Å². The number of aromatic nitrogens is 2. The van der Waals surface area contributed by atoms with Gasteiger partial charge in [-0.05, 0) is 61.5 Å². The zero-order valence-corrected chi connectivity index (χ0v) is 16.0. The number of nitrogens with zero attached hydrogens (tertiary/aromatic N) is 2. The van der Waals surface area contributed by atoms with E-state index in [1.807, 2.05) is 55.5 Å². The highest BCUT2D eigenvalue weighted by molar-refractivity contribution is 5.81. The van der Waals surface area contributed by atoms with E-state index < -0.39 is 0 Å². The molecule has 0 aliphatic rings. The first kappa shape index (κ1) is 19.0. The van der Waals surface area contributed by atoms with Crippen LogP contribution < -0.4 is 15.2 Å². The molecule has 0 radical (unpaired) electrons. The summed E-state index contributed by atoms with van der Waals surface area (Å²) in [7, 11) is 0. The quantitative estimate of drug-likeness (QED) is 0.509. The average Bonchev–Trinajstić information content (AvgIpc) is 3.15. The van der Waals surface area contributed by atoms with Gasteiger partial charge in [-0.3, -0.25) is 0 Å². The highest BCUT2D eigenvalue weighted by atomic mass is 19.1. The molecule has 3 aromatic carbocycles. The maximum atomic E-state index is 13.2. The summed E-state index contributed by atoms with van der Waals surface area (Å²) in [4.78, 5) is 0. The minimum atomic E-state index is -0.306. The van der Waals surface area contributed by atoms with E-state index in [9.17, 15) is 4.39 Å². The molecule has 2 atom stereocenters. The van der Waals surface area contributed by atoms with Crippen LogP contribution in [0.4, 0.5) is 4.39 Å². The third-order valence-corrected chi connectivity index (χ3v) is 4.64. The molecule has 0 saturated carbocycles. The molecule has 0 amide bonds. The van der Waals surface area contributed by atoms with Crippen LogP contribution in [0.15, 0.2) is 79.0 Å². The van der Waals surface area contributed by atoms with Crippen LogP contribution in [0.1, 0.15) is 6.92 Å². The van der Waals surface area contributed by atoms with Gasteiger partial charge in [-0.1, -0.05) is 18.2 Å². The third kappa shape index (κ3) is 4.38. The summed E-state index contributed by atoms with van der Waals surface area (Å²) in [6.45, 7) is 2.23. The highest BCUT2D eigenvalue weighted by Crippen LogP contribution is 2.24. The van der Waals surface area contributed by atoms with Gasteiger partial charge in [-0.15, -0.1) is 0 Å². The Hall–Kier alpha value is -3.38. The molecule has 0 bridgehead atoms.